The normalized spacial score (nSPS) is 17.6. The third-order valence-electron chi connectivity index (χ3n) is 3.85. The minimum atomic E-state index is -0.764. The first-order valence-electron chi connectivity index (χ1n) is 7.30. The molecule has 2 rings (SSSR count). The number of aromatic hydroxyl groups is 1. The summed E-state index contributed by atoms with van der Waals surface area (Å²) < 4.78 is 10.2. The van der Waals surface area contributed by atoms with Crippen molar-refractivity contribution in [3.8, 4) is 11.5 Å². The van der Waals surface area contributed by atoms with E-state index in [-0.39, 0.29) is 29.2 Å². The second kappa shape index (κ2) is 7.00. The van der Waals surface area contributed by atoms with E-state index in [0.29, 0.717) is 16.8 Å². The van der Waals surface area contributed by atoms with Crippen molar-refractivity contribution in [3.05, 3.63) is 34.0 Å². The number of phenols is 1. The molecule has 130 valence electrons. The van der Waals surface area contributed by atoms with E-state index < -0.39 is 12.0 Å². The Labute approximate surface area is 144 Å². The number of amides is 2. The van der Waals surface area contributed by atoms with Gasteiger partial charge >= 0.3 is 12.0 Å². The highest BCUT2D eigenvalue weighted by Gasteiger charge is 2.35. The van der Waals surface area contributed by atoms with E-state index in [2.05, 4.69) is 5.32 Å². The van der Waals surface area contributed by atoms with Crippen LogP contribution < -0.4 is 10.1 Å². The Morgan fingerprint density at radius 2 is 2.12 bits per heavy atom. The zero-order valence-corrected chi connectivity index (χ0v) is 14.6. The highest BCUT2D eigenvalue weighted by molar-refractivity contribution is 6.32. The number of nitrogens with zero attached hydrogens (tertiary/aromatic N) is 1. The van der Waals surface area contributed by atoms with E-state index in [1.165, 1.54) is 24.1 Å². The lowest BCUT2D eigenvalue weighted by molar-refractivity contribution is -0.139. The number of nitrogens with one attached hydrogen (secondary N) is 1. The summed E-state index contributed by atoms with van der Waals surface area (Å²) >= 11 is 6.02. The first kappa shape index (κ1) is 17.9. The van der Waals surface area contributed by atoms with Crippen molar-refractivity contribution in [2.24, 2.45) is 0 Å². The third-order valence-corrected chi connectivity index (χ3v) is 4.14. The Morgan fingerprint density at radius 1 is 1.46 bits per heavy atom. The molecule has 7 nitrogen and oxygen atoms in total. The number of allylic oxidation sites excluding steroid dienone is 1. The van der Waals surface area contributed by atoms with Crippen LogP contribution in [0.3, 0.4) is 0 Å². The van der Waals surface area contributed by atoms with Crippen LogP contribution in [0.15, 0.2) is 23.4 Å². The van der Waals surface area contributed by atoms with Crippen molar-refractivity contribution in [1.82, 2.24) is 10.2 Å². The average molecular weight is 355 g/mol. The van der Waals surface area contributed by atoms with E-state index in [9.17, 15) is 14.7 Å². The fourth-order valence-corrected chi connectivity index (χ4v) is 2.69. The van der Waals surface area contributed by atoms with Crippen LogP contribution >= 0.6 is 11.6 Å². The van der Waals surface area contributed by atoms with Crippen LogP contribution in [0, 0.1) is 0 Å². The molecule has 2 amide bonds. The molecule has 0 saturated carbocycles. The number of urea groups is 1. The lowest BCUT2D eigenvalue weighted by Crippen LogP contribution is -2.46. The van der Waals surface area contributed by atoms with Gasteiger partial charge in [0.15, 0.2) is 11.5 Å². The first-order valence-corrected chi connectivity index (χ1v) is 7.68. The molecule has 24 heavy (non-hydrogen) atoms. The predicted molar refractivity (Wildman–Crippen MR) is 88.0 cm³/mol. The van der Waals surface area contributed by atoms with Crippen molar-refractivity contribution in [3.63, 3.8) is 0 Å². The van der Waals surface area contributed by atoms with Crippen molar-refractivity contribution < 1.29 is 24.2 Å². The molecule has 0 spiro atoms. The molecule has 0 aliphatic carbocycles. The summed E-state index contributed by atoms with van der Waals surface area (Å²) in [6, 6.07) is 1.86. The van der Waals surface area contributed by atoms with E-state index in [1.807, 2.05) is 0 Å². The minimum absolute atomic E-state index is 0.0541. The van der Waals surface area contributed by atoms with E-state index >= 15 is 0 Å². The monoisotopic (exact) mass is 354 g/mol. The van der Waals surface area contributed by atoms with Crippen molar-refractivity contribution in [2.45, 2.75) is 19.9 Å². The molecule has 1 heterocycles. The zero-order chi connectivity index (χ0) is 18.0. The highest BCUT2D eigenvalue weighted by atomic mass is 35.5. The predicted octanol–water partition coefficient (Wildman–Crippen LogP) is 2.59. The molecule has 8 heteroatoms. The summed E-state index contributed by atoms with van der Waals surface area (Å²) in [5.41, 5.74) is 1.27. The largest absolute Gasteiger partial charge is 0.503 e. The Balaban J connectivity index is 2.60. The number of esters is 1. The quantitative estimate of drug-likeness (QED) is 0.811. The number of methoxy groups -OCH3 is 1. The fourth-order valence-electron chi connectivity index (χ4n) is 2.47. The molecule has 0 bridgehead atoms. The Morgan fingerprint density at radius 3 is 2.71 bits per heavy atom. The van der Waals surface area contributed by atoms with Crippen LogP contribution in [0.25, 0.3) is 0 Å². The van der Waals surface area contributed by atoms with Crippen molar-refractivity contribution >= 4 is 23.6 Å². The van der Waals surface area contributed by atoms with Crippen LogP contribution in [0.2, 0.25) is 5.02 Å². The summed E-state index contributed by atoms with van der Waals surface area (Å²) in [5, 5.41) is 12.7. The van der Waals surface area contributed by atoms with Gasteiger partial charge in [-0.15, -0.1) is 0 Å². The summed E-state index contributed by atoms with van der Waals surface area (Å²) in [5.74, 6) is -0.595. The third kappa shape index (κ3) is 3.12. The molecule has 2 N–H and O–H groups in total. The van der Waals surface area contributed by atoms with Gasteiger partial charge < -0.3 is 24.8 Å². The Hall–Kier alpha value is -2.41. The molecule has 1 aliphatic rings. The smallest absolute Gasteiger partial charge is 0.338 e. The number of carbonyl (C=O) groups is 2. The van der Waals surface area contributed by atoms with Crippen LogP contribution in [0.1, 0.15) is 25.5 Å². The molecular weight excluding hydrogens is 336 g/mol. The van der Waals surface area contributed by atoms with Gasteiger partial charge in [-0.25, -0.2) is 9.59 Å². The van der Waals surface area contributed by atoms with Gasteiger partial charge in [0, 0.05) is 12.7 Å². The molecular formula is C16H19ClN2O5. The number of ether oxygens (including phenoxy) is 2. The lowest BCUT2D eigenvalue weighted by atomic mass is 9.94. The van der Waals surface area contributed by atoms with E-state index in [0.717, 1.165) is 0 Å². The van der Waals surface area contributed by atoms with Gasteiger partial charge in [-0.05, 0) is 31.5 Å². The molecule has 0 radical (unpaired) electrons. The molecule has 1 aromatic rings. The van der Waals surface area contributed by atoms with E-state index in [4.69, 9.17) is 21.1 Å². The number of benzene rings is 1. The van der Waals surface area contributed by atoms with Gasteiger partial charge in [0.05, 0.1) is 30.4 Å². The number of hydrogen-bond acceptors (Lipinski definition) is 5. The summed E-state index contributed by atoms with van der Waals surface area (Å²) in [4.78, 5) is 25.8. The van der Waals surface area contributed by atoms with E-state index in [1.54, 1.807) is 20.9 Å². The molecule has 1 aromatic carbocycles. The van der Waals surface area contributed by atoms with Crippen molar-refractivity contribution in [2.75, 3.05) is 20.8 Å². The molecule has 1 atom stereocenters. The maximum atomic E-state index is 12.4. The fraction of sp³-hybridized carbons (Fsp3) is 0.375. The maximum Gasteiger partial charge on any atom is 0.338 e. The summed E-state index contributed by atoms with van der Waals surface area (Å²) in [7, 11) is 2.94. The molecule has 0 aromatic heterocycles. The average Bonchev–Trinajstić information content (AvgIpc) is 2.54. The first-order chi connectivity index (χ1) is 11.3. The Kier molecular flexibility index (Phi) is 5.23. The maximum absolute atomic E-state index is 12.4. The van der Waals surface area contributed by atoms with Crippen LogP contribution in [0.4, 0.5) is 4.79 Å². The second-order valence-electron chi connectivity index (χ2n) is 5.21. The minimum Gasteiger partial charge on any atom is -0.503 e. The lowest BCUT2D eigenvalue weighted by Gasteiger charge is -2.33. The number of carbonyl (C=O) groups excluding carboxylic acids is 2. The standard InChI is InChI=1S/C16H19ClN2O5/c1-5-24-15(21)12-8(2)19(3)16(22)18-13(12)9-6-10(17)14(20)11(7-9)23-4/h6-7,13,20H,5H2,1-4H3,(H,18,22)/t13-/m1/s1. The summed E-state index contributed by atoms with van der Waals surface area (Å²) in [6.07, 6.45) is 0. The van der Waals surface area contributed by atoms with Gasteiger partial charge in [0.25, 0.3) is 0 Å². The highest BCUT2D eigenvalue weighted by Crippen LogP contribution is 2.39. The van der Waals surface area contributed by atoms with Crippen LogP contribution in [-0.2, 0) is 9.53 Å². The van der Waals surface area contributed by atoms with Gasteiger partial charge in [0.1, 0.15) is 0 Å². The molecule has 0 fully saturated rings. The number of hydrogen-bond donors (Lipinski definition) is 2. The van der Waals surface area contributed by atoms with Crippen molar-refractivity contribution in [1.29, 1.82) is 0 Å². The number of phenolic OH excluding ortho intramolecular Hbond substituents is 1. The van der Waals surface area contributed by atoms with Crippen LogP contribution in [0.5, 0.6) is 11.5 Å². The number of rotatable bonds is 4. The Bertz CT molecular complexity index is 717. The topological polar surface area (TPSA) is 88.1 Å². The van der Waals surface area contributed by atoms with Gasteiger partial charge in [-0.2, -0.15) is 0 Å². The zero-order valence-electron chi connectivity index (χ0n) is 13.8. The molecule has 0 saturated heterocycles. The molecule has 0 unspecified atom stereocenters. The van der Waals surface area contributed by atoms with Gasteiger partial charge in [-0.3, -0.25) is 0 Å². The second-order valence-corrected chi connectivity index (χ2v) is 5.62. The SMILES string of the molecule is CCOC(=O)C1=C(C)N(C)C(=O)N[C@@H]1c1cc(Cl)c(O)c(OC)c1. The van der Waals surface area contributed by atoms with Gasteiger partial charge in [-0.1, -0.05) is 11.6 Å². The van der Waals surface area contributed by atoms with Gasteiger partial charge in [0.2, 0.25) is 0 Å². The molecule has 1 aliphatic heterocycles. The van der Waals surface area contributed by atoms with Crippen LogP contribution in [-0.4, -0.2) is 42.8 Å². The summed E-state index contributed by atoms with van der Waals surface area (Å²) in [6.45, 7) is 3.57. The number of halogens is 1.